The highest BCUT2D eigenvalue weighted by Gasteiger charge is 2.15. The van der Waals surface area contributed by atoms with E-state index in [2.05, 4.69) is 53.7 Å². The van der Waals surface area contributed by atoms with E-state index < -0.39 is 5.97 Å². The topological polar surface area (TPSA) is 63.3 Å². The highest BCUT2D eigenvalue weighted by Crippen LogP contribution is 2.31. The number of rotatable bonds is 10. The Bertz CT molecular complexity index is 1180. The number of benzene rings is 3. The van der Waals surface area contributed by atoms with Gasteiger partial charge in [0.2, 0.25) is 0 Å². The van der Waals surface area contributed by atoms with Gasteiger partial charge in [0, 0.05) is 23.3 Å². The number of nitrogens with zero attached hydrogens (tertiary/aromatic N) is 1. The summed E-state index contributed by atoms with van der Waals surface area (Å²) in [7, 11) is 0. The monoisotopic (exact) mass is 457 g/mol. The standard InChI is InChI=1S/C28H27NO3S/c1-20-26(19-33-18-17-21-5-3-2-4-6-21)28(32-29-20)25-14-12-24(13-15-25)23-10-7-22(8-11-23)9-16-27(30)31/h2-8,10-15H,9,16-19H2,1H3,(H,30,31). The van der Waals surface area contributed by atoms with Crippen LogP contribution in [-0.4, -0.2) is 22.0 Å². The predicted octanol–water partition coefficient (Wildman–Crippen LogP) is 6.81. The van der Waals surface area contributed by atoms with E-state index in [1.54, 1.807) is 0 Å². The van der Waals surface area contributed by atoms with Crippen molar-refractivity contribution in [1.29, 1.82) is 0 Å². The fraction of sp³-hybridized carbons (Fsp3) is 0.214. The highest BCUT2D eigenvalue weighted by atomic mass is 32.2. The summed E-state index contributed by atoms with van der Waals surface area (Å²) < 4.78 is 5.69. The van der Waals surface area contributed by atoms with E-state index in [1.165, 1.54) is 5.56 Å². The van der Waals surface area contributed by atoms with Crippen LogP contribution in [0.5, 0.6) is 0 Å². The molecule has 1 heterocycles. The van der Waals surface area contributed by atoms with Gasteiger partial charge in [-0.15, -0.1) is 0 Å². The number of hydrogen-bond donors (Lipinski definition) is 1. The first-order valence-corrected chi connectivity index (χ1v) is 12.2. The molecule has 0 fully saturated rings. The van der Waals surface area contributed by atoms with E-state index in [1.807, 2.05) is 49.0 Å². The first-order valence-electron chi connectivity index (χ1n) is 11.1. The Morgan fingerprint density at radius 1 is 0.848 bits per heavy atom. The van der Waals surface area contributed by atoms with Gasteiger partial charge in [0.25, 0.3) is 0 Å². The third kappa shape index (κ3) is 6.14. The molecule has 0 aliphatic rings. The molecule has 3 aromatic carbocycles. The van der Waals surface area contributed by atoms with Gasteiger partial charge in [0.15, 0.2) is 5.76 Å². The lowest BCUT2D eigenvalue weighted by Crippen LogP contribution is -1.97. The van der Waals surface area contributed by atoms with Crippen LogP contribution >= 0.6 is 11.8 Å². The lowest BCUT2D eigenvalue weighted by atomic mass is 10.00. The molecule has 0 aliphatic heterocycles. The molecule has 4 rings (SSSR count). The number of carboxylic acid groups (broad SMARTS) is 1. The Morgan fingerprint density at radius 3 is 2.12 bits per heavy atom. The molecular formula is C28H27NO3S. The van der Waals surface area contributed by atoms with Crippen LogP contribution in [0.2, 0.25) is 0 Å². The van der Waals surface area contributed by atoms with Crippen LogP contribution in [0.4, 0.5) is 0 Å². The van der Waals surface area contributed by atoms with Crippen LogP contribution in [0.25, 0.3) is 22.5 Å². The van der Waals surface area contributed by atoms with Crippen LogP contribution in [0.1, 0.15) is 28.8 Å². The number of hydrogen-bond acceptors (Lipinski definition) is 4. The maximum absolute atomic E-state index is 10.8. The maximum atomic E-state index is 10.8. The molecule has 0 amide bonds. The van der Waals surface area contributed by atoms with Crippen molar-refractivity contribution in [3.63, 3.8) is 0 Å². The average molecular weight is 458 g/mol. The smallest absolute Gasteiger partial charge is 0.303 e. The van der Waals surface area contributed by atoms with Gasteiger partial charge < -0.3 is 9.63 Å². The maximum Gasteiger partial charge on any atom is 0.303 e. The lowest BCUT2D eigenvalue weighted by Gasteiger charge is -2.07. The van der Waals surface area contributed by atoms with Gasteiger partial charge in [0.1, 0.15) is 0 Å². The molecule has 168 valence electrons. The number of thioether (sulfide) groups is 1. The summed E-state index contributed by atoms with van der Waals surface area (Å²) in [6.07, 6.45) is 1.75. The van der Waals surface area contributed by atoms with Crippen LogP contribution in [-0.2, 0) is 23.4 Å². The van der Waals surface area contributed by atoms with Crippen LogP contribution in [0.15, 0.2) is 83.4 Å². The molecule has 0 spiro atoms. The van der Waals surface area contributed by atoms with Gasteiger partial charge in [-0.25, -0.2) is 0 Å². The zero-order valence-corrected chi connectivity index (χ0v) is 19.5. The molecule has 4 aromatic rings. The van der Waals surface area contributed by atoms with Crippen molar-refractivity contribution in [2.45, 2.75) is 31.9 Å². The molecule has 0 atom stereocenters. The molecule has 1 aromatic heterocycles. The molecule has 0 saturated carbocycles. The highest BCUT2D eigenvalue weighted by molar-refractivity contribution is 7.98. The van der Waals surface area contributed by atoms with E-state index in [9.17, 15) is 4.79 Å². The third-order valence-corrected chi connectivity index (χ3v) is 6.66. The Kier molecular flexibility index (Phi) is 7.63. The minimum Gasteiger partial charge on any atom is -0.481 e. The first-order chi connectivity index (χ1) is 16.1. The zero-order valence-electron chi connectivity index (χ0n) is 18.7. The Hall–Kier alpha value is -3.31. The van der Waals surface area contributed by atoms with Gasteiger partial charge in [-0.3, -0.25) is 4.79 Å². The minimum absolute atomic E-state index is 0.150. The van der Waals surface area contributed by atoms with E-state index in [0.717, 1.165) is 57.2 Å². The third-order valence-electron chi connectivity index (χ3n) is 5.67. The Balaban J connectivity index is 1.40. The van der Waals surface area contributed by atoms with Crippen molar-refractivity contribution in [2.24, 2.45) is 0 Å². The van der Waals surface area contributed by atoms with Crippen molar-refractivity contribution in [1.82, 2.24) is 5.16 Å². The van der Waals surface area contributed by atoms with Crippen molar-refractivity contribution in [3.8, 4) is 22.5 Å². The number of carbonyl (C=O) groups is 1. The van der Waals surface area contributed by atoms with E-state index in [-0.39, 0.29) is 6.42 Å². The average Bonchev–Trinajstić information content (AvgIpc) is 3.22. The summed E-state index contributed by atoms with van der Waals surface area (Å²) in [5.41, 5.74) is 7.73. The molecule has 1 N–H and O–H groups in total. The second-order valence-electron chi connectivity index (χ2n) is 8.03. The molecule has 0 radical (unpaired) electrons. The van der Waals surface area contributed by atoms with Crippen LogP contribution < -0.4 is 0 Å². The van der Waals surface area contributed by atoms with Crippen molar-refractivity contribution >= 4 is 17.7 Å². The summed E-state index contributed by atoms with van der Waals surface area (Å²) in [6.45, 7) is 2.00. The van der Waals surface area contributed by atoms with Crippen molar-refractivity contribution < 1.29 is 14.4 Å². The second kappa shape index (κ2) is 11.0. The Morgan fingerprint density at radius 2 is 1.45 bits per heavy atom. The van der Waals surface area contributed by atoms with Gasteiger partial charge in [-0.05, 0) is 47.8 Å². The van der Waals surface area contributed by atoms with Gasteiger partial charge in [-0.1, -0.05) is 84.0 Å². The lowest BCUT2D eigenvalue weighted by molar-refractivity contribution is -0.136. The van der Waals surface area contributed by atoms with Crippen LogP contribution in [0.3, 0.4) is 0 Å². The Labute approximate surface area is 198 Å². The number of aromatic nitrogens is 1. The summed E-state index contributed by atoms with van der Waals surface area (Å²) >= 11 is 1.90. The fourth-order valence-electron chi connectivity index (χ4n) is 3.72. The van der Waals surface area contributed by atoms with E-state index in [4.69, 9.17) is 9.63 Å². The largest absolute Gasteiger partial charge is 0.481 e. The van der Waals surface area contributed by atoms with E-state index >= 15 is 0 Å². The number of aliphatic carboxylic acids is 1. The summed E-state index contributed by atoms with van der Waals surface area (Å²) in [4.78, 5) is 10.8. The molecule has 0 unspecified atom stereocenters. The minimum atomic E-state index is -0.772. The summed E-state index contributed by atoms with van der Waals surface area (Å²) in [5.74, 6) is 1.99. The van der Waals surface area contributed by atoms with Crippen molar-refractivity contribution in [3.05, 3.63) is 101 Å². The predicted molar refractivity (Wildman–Crippen MR) is 134 cm³/mol. The molecule has 4 nitrogen and oxygen atoms in total. The van der Waals surface area contributed by atoms with Crippen molar-refractivity contribution in [2.75, 3.05) is 5.75 Å². The zero-order chi connectivity index (χ0) is 23.0. The number of carboxylic acids is 1. The number of aryl methyl sites for hydroxylation is 3. The SMILES string of the molecule is Cc1noc(-c2ccc(-c3ccc(CCC(=O)O)cc3)cc2)c1CSCCc1ccccc1. The van der Waals surface area contributed by atoms with Gasteiger partial charge in [-0.2, -0.15) is 11.8 Å². The van der Waals surface area contributed by atoms with Gasteiger partial charge >= 0.3 is 5.97 Å². The van der Waals surface area contributed by atoms with E-state index in [0.29, 0.717) is 6.42 Å². The quantitative estimate of drug-likeness (QED) is 0.265. The fourth-order valence-corrected chi connectivity index (χ4v) is 4.79. The normalized spacial score (nSPS) is 10.9. The molecule has 0 bridgehead atoms. The molecule has 5 heteroatoms. The van der Waals surface area contributed by atoms with Gasteiger partial charge in [0.05, 0.1) is 5.69 Å². The summed E-state index contributed by atoms with van der Waals surface area (Å²) in [6, 6.07) is 27.0. The molecule has 33 heavy (non-hydrogen) atoms. The first kappa shape index (κ1) is 22.9. The molecule has 0 aliphatic carbocycles. The van der Waals surface area contributed by atoms with Crippen LogP contribution in [0, 0.1) is 6.92 Å². The second-order valence-corrected chi connectivity index (χ2v) is 9.14. The molecular weight excluding hydrogens is 430 g/mol. The summed E-state index contributed by atoms with van der Waals surface area (Å²) in [5, 5.41) is 13.1. The molecule has 0 saturated heterocycles.